The molecule has 4 aromatic heterocycles. The molecule has 242 valence electrons. The van der Waals surface area contributed by atoms with Crippen LogP contribution >= 0.6 is 0 Å². The first-order valence-corrected chi connectivity index (χ1v) is 17.2. The number of aliphatic hydroxyl groups is 1. The van der Waals surface area contributed by atoms with Crippen LogP contribution in [0.2, 0.25) is 0 Å². The summed E-state index contributed by atoms with van der Waals surface area (Å²) >= 11 is 0. The van der Waals surface area contributed by atoms with Gasteiger partial charge in [0.15, 0.2) is 17.8 Å². The molecular formula is C42H48N3O2+. The minimum atomic E-state index is -0.692. The molecule has 1 aliphatic carbocycles. The fraction of sp³-hybridized carbons (Fsp3) is 0.357. The van der Waals surface area contributed by atoms with Crippen LogP contribution in [0.15, 0.2) is 83.5 Å². The second-order valence-electron chi connectivity index (χ2n) is 13.5. The lowest BCUT2D eigenvalue weighted by Crippen LogP contribution is -2.36. The number of benzene rings is 2. The molecule has 0 saturated heterocycles. The van der Waals surface area contributed by atoms with E-state index >= 15 is 0 Å². The maximum absolute atomic E-state index is 11.1. The van der Waals surface area contributed by atoms with Crippen molar-refractivity contribution in [3.05, 3.63) is 113 Å². The molecule has 5 nitrogen and oxygen atoms in total. The first-order chi connectivity index (χ1) is 22.6. The van der Waals surface area contributed by atoms with Crippen molar-refractivity contribution in [2.24, 2.45) is 0 Å². The number of unbranched alkanes of at least 4 members (excludes halogenated alkanes) is 1. The standard InChI is InChI=1S/C24H23N2O2.C14H15N.C4H10/c1-14-5-6-19-18-8-7-17-15(2)26-12-9-16(24(27)10-3-4-11-24)13-20(26)21(17)22(18)28-23(19)25-14;1-10-4-6-13(7-5-10)14-8-11(2)12(3)9-15-14;1-3-4-2/h5-9,12-13,15,27H,3-4,10-11H2,1-2H3;4-9H,1-3H3;3-4H2,1-2H3/q+1;;. The zero-order valence-corrected chi connectivity index (χ0v) is 29.0. The van der Waals surface area contributed by atoms with E-state index in [1.54, 1.807) is 0 Å². The van der Waals surface area contributed by atoms with Crippen LogP contribution in [0.1, 0.15) is 98.8 Å². The van der Waals surface area contributed by atoms with Gasteiger partial charge in [0.1, 0.15) is 0 Å². The highest BCUT2D eigenvalue weighted by Crippen LogP contribution is 2.45. The van der Waals surface area contributed by atoms with Gasteiger partial charge in [0.05, 0.1) is 16.9 Å². The van der Waals surface area contributed by atoms with Gasteiger partial charge in [-0.1, -0.05) is 75.4 Å². The first kappa shape index (κ1) is 32.6. The van der Waals surface area contributed by atoms with Gasteiger partial charge in [0, 0.05) is 52.8 Å². The largest absolute Gasteiger partial charge is 0.437 e. The summed E-state index contributed by atoms with van der Waals surface area (Å²) in [6.45, 7) is 14.9. The number of pyridine rings is 3. The van der Waals surface area contributed by atoms with E-state index in [-0.39, 0.29) is 6.04 Å². The third-order valence-electron chi connectivity index (χ3n) is 9.97. The van der Waals surface area contributed by atoms with Crippen molar-refractivity contribution < 1.29 is 14.1 Å². The lowest BCUT2D eigenvalue weighted by atomic mass is 9.91. The third kappa shape index (κ3) is 6.34. The molecule has 5 heteroatoms. The Balaban J connectivity index is 0.000000171. The first-order valence-electron chi connectivity index (χ1n) is 17.2. The SMILES string of the molecule is CCCC.Cc1ccc(-c2cc(C)c(C)cn2)cc1.Cc1ccc2c(n1)oc1c3c(ccc12)C(C)[n+]1ccc(C2(O)CCCC2)cc1-3. The monoisotopic (exact) mass is 626 g/mol. The van der Waals surface area contributed by atoms with E-state index in [4.69, 9.17) is 4.42 Å². The van der Waals surface area contributed by atoms with E-state index in [0.717, 1.165) is 70.2 Å². The van der Waals surface area contributed by atoms with Gasteiger partial charge < -0.3 is 9.52 Å². The second-order valence-corrected chi connectivity index (χ2v) is 13.5. The third-order valence-corrected chi connectivity index (χ3v) is 9.97. The van der Waals surface area contributed by atoms with Crippen molar-refractivity contribution in [1.82, 2.24) is 9.97 Å². The summed E-state index contributed by atoms with van der Waals surface area (Å²) in [6, 6.07) is 23.6. The van der Waals surface area contributed by atoms with Crippen LogP contribution < -0.4 is 4.57 Å². The zero-order chi connectivity index (χ0) is 33.3. The highest BCUT2D eigenvalue weighted by atomic mass is 16.3. The molecular weight excluding hydrogens is 578 g/mol. The Morgan fingerprint density at radius 2 is 1.55 bits per heavy atom. The van der Waals surface area contributed by atoms with Crippen molar-refractivity contribution in [1.29, 1.82) is 0 Å². The average molecular weight is 627 g/mol. The Hall–Kier alpha value is -4.35. The topological polar surface area (TPSA) is 63.0 Å². The summed E-state index contributed by atoms with van der Waals surface area (Å²) in [6.07, 6.45) is 10.6. The Bertz CT molecular complexity index is 2030. The van der Waals surface area contributed by atoms with E-state index in [9.17, 15) is 5.11 Å². The maximum Gasteiger partial charge on any atom is 0.227 e. The van der Waals surface area contributed by atoms with Crippen LogP contribution in [0, 0.1) is 27.7 Å². The van der Waals surface area contributed by atoms with E-state index in [0.29, 0.717) is 5.71 Å². The molecule has 2 aromatic carbocycles. The number of rotatable bonds is 3. The van der Waals surface area contributed by atoms with Crippen molar-refractivity contribution in [2.45, 2.75) is 98.6 Å². The fourth-order valence-corrected chi connectivity index (χ4v) is 6.68. The van der Waals surface area contributed by atoms with Gasteiger partial charge in [0.25, 0.3) is 0 Å². The number of aryl methyl sites for hydroxylation is 4. The molecule has 6 aromatic rings. The molecule has 0 spiro atoms. The Morgan fingerprint density at radius 1 is 0.851 bits per heavy atom. The zero-order valence-electron chi connectivity index (χ0n) is 29.0. The van der Waals surface area contributed by atoms with Gasteiger partial charge in [-0.05, 0) is 81.5 Å². The molecule has 1 atom stereocenters. The summed E-state index contributed by atoms with van der Waals surface area (Å²) in [5.41, 5.74) is 12.5. The molecule has 8 rings (SSSR count). The number of fused-ring (bicyclic) bond motifs is 7. The smallest absolute Gasteiger partial charge is 0.227 e. The van der Waals surface area contributed by atoms with Crippen LogP contribution in [-0.4, -0.2) is 15.1 Å². The van der Waals surface area contributed by atoms with E-state index < -0.39 is 5.60 Å². The summed E-state index contributed by atoms with van der Waals surface area (Å²) in [5, 5.41) is 13.3. The van der Waals surface area contributed by atoms with E-state index in [1.165, 1.54) is 40.7 Å². The minimum absolute atomic E-state index is 0.240. The lowest BCUT2D eigenvalue weighted by molar-refractivity contribution is -0.694. The Labute approximate surface area is 279 Å². The predicted molar refractivity (Wildman–Crippen MR) is 193 cm³/mol. The summed E-state index contributed by atoms with van der Waals surface area (Å²) in [4.78, 5) is 9.03. The van der Waals surface area contributed by atoms with Crippen molar-refractivity contribution in [3.63, 3.8) is 0 Å². The number of hydrogen-bond acceptors (Lipinski definition) is 4. The summed E-state index contributed by atoms with van der Waals surface area (Å²) in [5.74, 6) is 0. The molecule has 0 radical (unpaired) electrons. The van der Waals surface area contributed by atoms with E-state index in [1.807, 2.05) is 19.2 Å². The van der Waals surface area contributed by atoms with Crippen molar-refractivity contribution in [2.75, 3.05) is 0 Å². The lowest BCUT2D eigenvalue weighted by Gasteiger charge is -2.22. The van der Waals surface area contributed by atoms with Gasteiger partial charge in [0.2, 0.25) is 11.4 Å². The number of aromatic nitrogens is 3. The minimum Gasteiger partial charge on any atom is -0.437 e. The average Bonchev–Trinajstić information content (AvgIpc) is 3.77. The van der Waals surface area contributed by atoms with Crippen LogP contribution in [0.25, 0.3) is 44.6 Å². The van der Waals surface area contributed by atoms with Crippen LogP contribution in [0.3, 0.4) is 0 Å². The molecule has 5 heterocycles. The molecule has 1 fully saturated rings. The molecule has 0 bridgehead atoms. The van der Waals surface area contributed by atoms with Gasteiger partial charge >= 0.3 is 0 Å². The van der Waals surface area contributed by atoms with Gasteiger partial charge in [-0.25, -0.2) is 4.98 Å². The normalized spacial score (nSPS) is 15.9. The van der Waals surface area contributed by atoms with Crippen LogP contribution in [0.5, 0.6) is 0 Å². The molecule has 2 aliphatic rings. The fourth-order valence-electron chi connectivity index (χ4n) is 6.68. The summed E-state index contributed by atoms with van der Waals surface area (Å²) < 4.78 is 8.57. The molecule has 1 unspecified atom stereocenters. The number of furan rings is 1. The van der Waals surface area contributed by atoms with Crippen LogP contribution in [-0.2, 0) is 5.60 Å². The van der Waals surface area contributed by atoms with Crippen molar-refractivity contribution in [3.8, 4) is 22.5 Å². The predicted octanol–water partition coefficient (Wildman–Crippen LogP) is 10.4. The highest BCUT2D eigenvalue weighted by Gasteiger charge is 2.40. The molecule has 1 N–H and O–H groups in total. The van der Waals surface area contributed by atoms with E-state index in [2.05, 4.69) is 123 Å². The second kappa shape index (κ2) is 13.4. The maximum atomic E-state index is 11.1. The molecule has 0 amide bonds. The summed E-state index contributed by atoms with van der Waals surface area (Å²) in [7, 11) is 0. The Morgan fingerprint density at radius 3 is 2.23 bits per heavy atom. The van der Waals surface area contributed by atoms with Crippen molar-refractivity contribution >= 4 is 22.1 Å². The van der Waals surface area contributed by atoms with Crippen LogP contribution in [0.4, 0.5) is 0 Å². The Kier molecular flexibility index (Phi) is 9.29. The van der Waals surface area contributed by atoms with Gasteiger partial charge in [-0.2, -0.15) is 4.57 Å². The quantitative estimate of drug-likeness (QED) is 0.199. The highest BCUT2D eigenvalue weighted by molar-refractivity contribution is 6.09. The molecule has 47 heavy (non-hydrogen) atoms. The number of nitrogens with zero attached hydrogens (tertiary/aromatic N) is 3. The number of hydrogen-bond donors (Lipinski definition) is 1. The molecule has 1 aliphatic heterocycles. The van der Waals surface area contributed by atoms with Gasteiger partial charge in [-0.3, -0.25) is 4.98 Å². The molecule has 1 saturated carbocycles. The van der Waals surface area contributed by atoms with Gasteiger partial charge in [-0.15, -0.1) is 0 Å².